The molecule has 0 atom stereocenters. The smallest absolute Gasteiger partial charge is 0.239 e. The summed E-state index contributed by atoms with van der Waals surface area (Å²) in [4.78, 5) is 4.11. The van der Waals surface area contributed by atoms with Gasteiger partial charge in [-0.1, -0.05) is 0 Å². The maximum atomic E-state index is 5.48. The maximum Gasteiger partial charge on any atom is 0.239 e. The fourth-order valence-corrected chi connectivity index (χ4v) is 3.28. The zero-order chi connectivity index (χ0) is 14.1. The van der Waals surface area contributed by atoms with Gasteiger partial charge in [0.15, 0.2) is 0 Å². The largest absolute Gasteiger partial charge is 0.367 e. The van der Waals surface area contributed by atoms with Crippen LogP contribution in [0.5, 0.6) is 0 Å². The van der Waals surface area contributed by atoms with Gasteiger partial charge in [-0.25, -0.2) is 0 Å². The van der Waals surface area contributed by atoms with E-state index in [0.29, 0.717) is 12.0 Å². The molecule has 2 heterocycles. The predicted octanol–water partition coefficient (Wildman–Crippen LogP) is 0.828. The number of hydrogen-bond acceptors (Lipinski definition) is 5. The SMILES string of the molecule is CC1(C)CC(NCCc2nc(N)n[nH]2)CC(C)(C)N1. The van der Waals surface area contributed by atoms with Crippen LogP contribution >= 0.6 is 0 Å². The summed E-state index contributed by atoms with van der Waals surface area (Å²) in [6, 6.07) is 0.534. The zero-order valence-corrected chi connectivity index (χ0v) is 12.4. The van der Waals surface area contributed by atoms with Crippen molar-refractivity contribution in [2.45, 2.75) is 64.1 Å². The molecule has 0 aromatic carbocycles. The molecular formula is C13H26N6. The van der Waals surface area contributed by atoms with Crippen molar-refractivity contribution in [3.05, 3.63) is 5.82 Å². The van der Waals surface area contributed by atoms with Gasteiger partial charge in [0.05, 0.1) is 0 Å². The molecule has 0 spiro atoms. The highest BCUT2D eigenvalue weighted by molar-refractivity contribution is 5.12. The monoisotopic (exact) mass is 266 g/mol. The lowest BCUT2D eigenvalue weighted by Gasteiger charge is -2.46. The Bertz CT molecular complexity index is 407. The van der Waals surface area contributed by atoms with E-state index in [-0.39, 0.29) is 11.1 Å². The molecule has 0 amide bonds. The first-order valence-corrected chi connectivity index (χ1v) is 6.95. The third kappa shape index (κ3) is 4.18. The van der Waals surface area contributed by atoms with Gasteiger partial charge >= 0.3 is 0 Å². The van der Waals surface area contributed by atoms with Crippen LogP contribution < -0.4 is 16.4 Å². The second-order valence-electron chi connectivity index (χ2n) is 6.84. The molecule has 1 aliphatic heterocycles. The molecule has 6 nitrogen and oxygen atoms in total. The third-order valence-corrected chi connectivity index (χ3v) is 3.53. The van der Waals surface area contributed by atoms with Crippen molar-refractivity contribution in [2.24, 2.45) is 0 Å². The number of anilines is 1. The molecule has 19 heavy (non-hydrogen) atoms. The number of aromatic amines is 1. The van der Waals surface area contributed by atoms with Gasteiger partial charge in [-0.2, -0.15) is 4.98 Å². The highest BCUT2D eigenvalue weighted by atomic mass is 15.3. The lowest BCUT2D eigenvalue weighted by atomic mass is 9.79. The number of aromatic nitrogens is 3. The summed E-state index contributed by atoms with van der Waals surface area (Å²) in [6.45, 7) is 9.95. The van der Waals surface area contributed by atoms with E-state index in [4.69, 9.17) is 5.73 Å². The Hall–Kier alpha value is -1.14. The Labute approximate surface area is 114 Å². The van der Waals surface area contributed by atoms with Crippen molar-refractivity contribution in [2.75, 3.05) is 12.3 Å². The summed E-state index contributed by atoms with van der Waals surface area (Å²) in [7, 11) is 0. The van der Waals surface area contributed by atoms with Crippen LogP contribution in [0.1, 0.15) is 46.4 Å². The Kier molecular flexibility index (Phi) is 3.82. The number of piperidine rings is 1. The summed E-state index contributed by atoms with van der Waals surface area (Å²) in [5.74, 6) is 1.16. The summed E-state index contributed by atoms with van der Waals surface area (Å²) in [5.41, 5.74) is 5.84. The molecule has 6 heteroatoms. The fourth-order valence-electron chi connectivity index (χ4n) is 3.28. The number of nitrogens with two attached hydrogens (primary N) is 1. The first-order chi connectivity index (χ1) is 8.76. The number of nitrogens with one attached hydrogen (secondary N) is 3. The van der Waals surface area contributed by atoms with Crippen LogP contribution in [-0.4, -0.2) is 38.8 Å². The third-order valence-electron chi connectivity index (χ3n) is 3.53. The molecule has 1 fully saturated rings. The van der Waals surface area contributed by atoms with Crippen LogP contribution in [-0.2, 0) is 6.42 Å². The lowest BCUT2D eigenvalue weighted by molar-refractivity contribution is 0.146. The maximum absolute atomic E-state index is 5.48. The minimum absolute atomic E-state index is 0.177. The first kappa shape index (κ1) is 14.3. The summed E-state index contributed by atoms with van der Waals surface area (Å²) >= 11 is 0. The Morgan fingerprint density at radius 2 is 1.89 bits per heavy atom. The second-order valence-corrected chi connectivity index (χ2v) is 6.84. The first-order valence-electron chi connectivity index (χ1n) is 6.95. The molecule has 0 bridgehead atoms. The average Bonchev–Trinajstić information content (AvgIpc) is 2.59. The van der Waals surface area contributed by atoms with Crippen molar-refractivity contribution >= 4 is 5.95 Å². The molecule has 0 radical (unpaired) electrons. The van der Waals surface area contributed by atoms with E-state index in [2.05, 4.69) is 53.5 Å². The molecule has 2 rings (SSSR count). The number of hydrogen-bond donors (Lipinski definition) is 4. The average molecular weight is 266 g/mol. The molecule has 0 aliphatic carbocycles. The standard InChI is InChI=1S/C13H26N6/c1-12(2)7-9(8-13(3,4)19-12)15-6-5-10-16-11(14)18-17-10/h9,15,19H,5-8H2,1-4H3,(H3,14,16,17,18). The van der Waals surface area contributed by atoms with Crippen molar-refractivity contribution < 1.29 is 0 Å². The van der Waals surface area contributed by atoms with Gasteiger partial charge < -0.3 is 16.4 Å². The fraction of sp³-hybridized carbons (Fsp3) is 0.846. The van der Waals surface area contributed by atoms with Crippen molar-refractivity contribution in [1.29, 1.82) is 0 Å². The Balaban J connectivity index is 1.82. The van der Waals surface area contributed by atoms with E-state index in [1.807, 2.05) is 0 Å². The molecule has 108 valence electrons. The summed E-state index contributed by atoms with van der Waals surface area (Å²) in [5, 5.41) is 14.0. The van der Waals surface area contributed by atoms with Crippen molar-refractivity contribution in [3.8, 4) is 0 Å². The van der Waals surface area contributed by atoms with Crippen LogP contribution in [0.4, 0.5) is 5.95 Å². The van der Waals surface area contributed by atoms with Crippen molar-refractivity contribution in [3.63, 3.8) is 0 Å². The van der Waals surface area contributed by atoms with Crippen LogP contribution in [0, 0.1) is 0 Å². The van der Waals surface area contributed by atoms with Gasteiger partial charge in [0.2, 0.25) is 5.95 Å². The summed E-state index contributed by atoms with van der Waals surface area (Å²) < 4.78 is 0. The molecule has 0 unspecified atom stereocenters. The molecule has 0 saturated carbocycles. The Morgan fingerprint density at radius 3 is 2.42 bits per heavy atom. The van der Waals surface area contributed by atoms with Gasteiger partial charge in [0, 0.05) is 30.1 Å². The molecule has 1 aliphatic rings. The predicted molar refractivity (Wildman–Crippen MR) is 76.8 cm³/mol. The number of nitrogens with zero attached hydrogens (tertiary/aromatic N) is 2. The summed E-state index contributed by atoms with van der Waals surface area (Å²) in [6.07, 6.45) is 3.10. The van der Waals surface area contributed by atoms with Gasteiger partial charge in [-0.15, -0.1) is 5.10 Å². The van der Waals surface area contributed by atoms with Crippen LogP contribution in [0.2, 0.25) is 0 Å². The van der Waals surface area contributed by atoms with E-state index < -0.39 is 0 Å². The van der Waals surface area contributed by atoms with E-state index in [1.54, 1.807) is 0 Å². The van der Waals surface area contributed by atoms with Gasteiger partial charge in [-0.3, -0.25) is 5.10 Å². The van der Waals surface area contributed by atoms with Crippen LogP contribution in [0.3, 0.4) is 0 Å². The van der Waals surface area contributed by atoms with Crippen LogP contribution in [0.25, 0.3) is 0 Å². The number of rotatable bonds is 4. The molecule has 1 saturated heterocycles. The highest BCUT2D eigenvalue weighted by Crippen LogP contribution is 2.28. The normalized spacial score (nSPS) is 22.5. The van der Waals surface area contributed by atoms with E-state index in [1.165, 1.54) is 0 Å². The van der Waals surface area contributed by atoms with Gasteiger partial charge in [-0.05, 0) is 40.5 Å². The van der Waals surface area contributed by atoms with Crippen LogP contribution in [0.15, 0.2) is 0 Å². The van der Waals surface area contributed by atoms with E-state index >= 15 is 0 Å². The highest BCUT2D eigenvalue weighted by Gasteiger charge is 2.37. The second kappa shape index (κ2) is 5.09. The quantitative estimate of drug-likeness (QED) is 0.648. The minimum atomic E-state index is 0.177. The van der Waals surface area contributed by atoms with E-state index in [0.717, 1.165) is 31.6 Å². The van der Waals surface area contributed by atoms with Gasteiger partial charge in [0.25, 0.3) is 0 Å². The minimum Gasteiger partial charge on any atom is -0.367 e. The van der Waals surface area contributed by atoms with Crippen molar-refractivity contribution in [1.82, 2.24) is 25.8 Å². The van der Waals surface area contributed by atoms with Gasteiger partial charge in [0.1, 0.15) is 5.82 Å². The molecular weight excluding hydrogens is 240 g/mol. The molecule has 5 N–H and O–H groups in total. The van der Waals surface area contributed by atoms with E-state index in [9.17, 15) is 0 Å². The topological polar surface area (TPSA) is 91.7 Å². The number of nitrogen functional groups attached to an aromatic ring is 1. The molecule has 1 aromatic rings. The lowest BCUT2D eigenvalue weighted by Crippen LogP contribution is -2.61. The molecule has 1 aromatic heterocycles. The number of H-pyrrole nitrogens is 1. The zero-order valence-electron chi connectivity index (χ0n) is 12.4. The Morgan fingerprint density at radius 1 is 1.26 bits per heavy atom.